The van der Waals surface area contributed by atoms with Gasteiger partial charge in [0, 0.05) is 31.3 Å². The van der Waals surface area contributed by atoms with Gasteiger partial charge in [-0.05, 0) is 42.7 Å². The van der Waals surface area contributed by atoms with E-state index >= 15 is 0 Å². The number of hydrogen-bond acceptors (Lipinski definition) is 3. The van der Waals surface area contributed by atoms with Gasteiger partial charge in [-0.15, -0.1) is 11.3 Å². The summed E-state index contributed by atoms with van der Waals surface area (Å²) >= 11 is 1.82. The highest BCUT2D eigenvalue weighted by Crippen LogP contribution is 2.35. The molecule has 0 radical (unpaired) electrons. The van der Waals surface area contributed by atoms with Gasteiger partial charge in [0.2, 0.25) is 11.8 Å². The molecule has 122 valence electrons. The van der Waals surface area contributed by atoms with Gasteiger partial charge >= 0.3 is 0 Å². The fraction of sp³-hybridized carbons (Fsp3) is 0.647. The molecular weight excluding hydrogens is 296 g/mol. The highest BCUT2D eigenvalue weighted by Gasteiger charge is 2.29. The average molecular weight is 322 g/mol. The van der Waals surface area contributed by atoms with Gasteiger partial charge < -0.3 is 10.2 Å². The van der Waals surface area contributed by atoms with E-state index in [9.17, 15) is 9.59 Å². The first-order valence-corrected chi connectivity index (χ1v) is 9.11. The van der Waals surface area contributed by atoms with Crippen molar-refractivity contribution in [3.8, 4) is 0 Å². The predicted molar refractivity (Wildman–Crippen MR) is 89.9 cm³/mol. The van der Waals surface area contributed by atoms with E-state index < -0.39 is 0 Å². The van der Waals surface area contributed by atoms with Crippen LogP contribution in [-0.2, 0) is 16.0 Å². The molecule has 1 aliphatic rings. The van der Waals surface area contributed by atoms with Crippen molar-refractivity contribution in [2.24, 2.45) is 0 Å². The van der Waals surface area contributed by atoms with Crippen molar-refractivity contribution in [1.82, 2.24) is 10.2 Å². The number of nitrogens with zero attached hydrogens (tertiary/aromatic N) is 1. The van der Waals surface area contributed by atoms with Crippen molar-refractivity contribution in [1.29, 1.82) is 0 Å². The molecule has 1 atom stereocenters. The van der Waals surface area contributed by atoms with Crippen LogP contribution in [0.15, 0.2) is 11.4 Å². The van der Waals surface area contributed by atoms with E-state index in [4.69, 9.17) is 0 Å². The minimum Gasteiger partial charge on any atom is -0.356 e. The van der Waals surface area contributed by atoms with Crippen LogP contribution in [0.4, 0.5) is 0 Å². The van der Waals surface area contributed by atoms with Gasteiger partial charge in [0.05, 0.1) is 6.04 Å². The third kappa shape index (κ3) is 4.32. The summed E-state index contributed by atoms with van der Waals surface area (Å²) in [5.74, 6) is 0.296. The van der Waals surface area contributed by atoms with Gasteiger partial charge in [0.1, 0.15) is 0 Å². The van der Waals surface area contributed by atoms with E-state index in [0.29, 0.717) is 13.0 Å². The Morgan fingerprint density at radius 3 is 2.91 bits per heavy atom. The van der Waals surface area contributed by atoms with Crippen LogP contribution in [0, 0.1) is 0 Å². The Morgan fingerprint density at radius 2 is 2.18 bits per heavy atom. The SMILES string of the molecule is CCC1c2ccsc2CCN1C(=O)CCCCCNC(C)=O. The van der Waals surface area contributed by atoms with Gasteiger partial charge in [-0.3, -0.25) is 9.59 Å². The molecule has 0 aliphatic carbocycles. The lowest BCUT2D eigenvalue weighted by Crippen LogP contribution is -2.39. The molecule has 0 aromatic carbocycles. The topological polar surface area (TPSA) is 49.4 Å². The zero-order valence-corrected chi connectivity index (χ0v) is 14.4. The summed E-state index contributed by atoms with van der Waals surface area (Å²) < 4.78 is 0. The maximum Gasteiger partial charge on any atom is 0.223 e. The number of nitrogens with one attached hydrogen (secondary N) is 1. The Labute approximate surface area is 136 Å². The van der Waals surface area contributed by atoms with E-state index in [0.717, 1.165) is 38.6 Å². The number of fused-ring (bicyclic) bond motifs is 1. The zero-order chi connectivity index (χ0) is 15.9. The summed E-state index contributed by atoms with van der Waals surface area (Å²) in [5.41, 5.74) is 1.36. The number of amides is 2. The quantitative estimate of drug-likeness (QED) is 0.783. The minimum atomic E-state index is 0.0155. The fourth-order valence-corrected chi connectivity index (χ4v) is 4.05. The molecule has 0 spiro atoms. The molecule has 4 nitrogen and oxygen atoms in total. The van der Waals surface area contributed by atoms with E-state index in [1.54, 1.807) is 0 Å². The molecule has 2 amide bonds. The van der Waals surface area contributed by atoms with Crippen LogP contribution in [0.25, 0.3) is 0 Å². The molecule has 0 bridgehead atoms. The Balaban J connectivity index is 1.77. The molecule has 0 saturated heterocycles. The second-order valence-electron chi connectivity index (χ2n) is 5.85. The molecule has 5 heteroatoms. The molecule has 0 fully saturated rings. The van der Waals surface area contributed by atoms with Crippen LogP contribution in [0.3, 0.4) is 0 Å². The van der Waals surface area contributed by atoms with E-state index in [1.165, 1.54) is 17.4 Å². The van der Waals surface area contributed by atoms with Crippen molar-refractivity contribution in [3.05, 3.63) is 21.9 Å². The van der Waals surface area contributed by atoms with Crippen LogP contribution in [0.5, 0.6) is 0 Å². The molecule has 2 heterocycles. The largest absolute Gasteiger partial charge is 0.356 e. The number of rotatable bonds is 7. The highest BCUT2D eigenvalue weighted by atomic mass is 32.1. The second-order valence-corrected chi connectivity index (χ2v) is 6.85. The first-order valence-electron chi connectivity index (χ1n) is 8.23. The van der Waals surface area contributed by atoms with Crippen molar-refractivity contribution in [3.63, 3.8) is 0 Å². The monoisotopic (exact) mass is 322 g/mol. The van der Waals surface area contributed by atoms with Gasteiger partial charge in [-0.1, -0.05) is 13.3 Å². The summed E-state index contributed by atoms with van der Waals surface area (Å²) in [6.45, 7) is 5.26. The van der Waals surface area contributed by atoms with Crippen molar-refractivity contribution < 1.29 is 9.59 Å². The van der Waals surface area contributed by atoms with Gasteiger partial charge in [0.15, 0.2) is 0 Å². The number of thiophene rings is 1. The van der Waals surface area contributed by atoms with Gasteiger partial charge in [-0.25, -0.2) is 0 Å². The van der Waals surface area contributed by atoms with Crippen LogP contribution < -0.4 is 5.32 Å². The Hall–Kier alpha value is -1.36. The first-order chi connectivity index (χ1) is 10.6. The number of carbonyl (C=O) groups excluding carboxylic acids is 2. The maximum absolute atomic E-state index is 12.5. The average Bonchev–Trinajstić information content (AvgIpc) is 2.97. The summed E-state index contributed by atoms with van der Waals surface area (Å²) in [7, 11) is 0. The van der Waals surface area contributed by atoms with Crippen LogP contribution >= 0.6 is 11.3 Å². The predicted octanol–water partition coefficient (Wildman–Crippen LogP) is 3.28. The third-order valence-electron chi connectivity index (χ3n) is 4.24. The lowest BCUT2D eigenvalue weighted by atomic mass is 9.97. The smallest absolute Gasteiger partial charge is 0.223 e. The van der Waals surface area contributed by atoms with Gasteiger partial charge in [0.25, 0.3) is 0 Å². The molecule has 0 saturated carbocycles. The Kier molecular flexibility index (Phi) is 6.43. The molecule has 1 aromatic rings. The van der Waals surface area contributed by atoms with Crippen molar-refractivity contribution >= 4 is 23.2 Å². The number of hydrogen-bond donors (Lipinski definition) is 1. The maximum atomic E-state index is 12.5. The van der Waals surface area contributed by atoms with Gasteiger partial charge in [-0.2, -0.15) is 0 Å². The van der Waals surface area contributed by atoms with Crippen LogP contribution in [0.1, 0.15) is 62.4 Å². The van der Waals surface area contributed by atoms with E-state index in [-0.39, 0.29) is 17.9 Å². The Morgan fingerprint density at radius 1 is 1.36 bits per heavy atom. The normalized spacial score (nSPS) is 17.2. The van der Waals surface area contributed by atoms with E-state index in [1.807, 2.05) is 11.3 Å². The van der Waals surface area contributed by atoms with Crippen molar-refractivity contribution in [2.45, 2.75) is 58.4 Å². The third-order valence-corrected chi connectivity index (χ3v) is 5.24. The molecule has 1 unspecified atom stereocenters. The zero-order valence-electron chi connectivity index (χ0n) is 13.6. The van der Waals surface area contributed by atoms with Crippen LogP contribution in [0.2, 0.25) is 0 Å². The highest BCUT2D eigenvalue weighted by molar-refractivity contribution is 7.10. The number of carbonyl (C=O) groups is 2. The summed E-state index contributed by atoms with van der Waals surface area (Å²) in [6.07, 6.45) is 5.44. The summed E-state index contributed by atoms with van der Waals surface area (Å²) in [5, 5.41) is 4.93. The number of unbranched alkanes of at least 4 members (excludes halogenated alkanes) is 2. The molecule has 1 aliphatic heterocycles. The Bertz CT molecular complexity index is 513. The fourth-order valence-electron chi connectivity index (χ4n) is 3.12. The van der Waals surface area contributed by atoms with Crippen molar-refractivity contribution in [2.75, 3.05) is 13.1 Å². The summed E-state index contributed by atoms with van der Waals surface area (Å²) in [4.78, 5) is 26.8. The molecule has 22 heavy (non-hydrogen) atoms. The minimum absolute atomic E-state index is 0.0155. The molecule has 2 rings (SSSR count). The summed E-state index contributed by atoms with van der Waals surface area (Å²) in [6, 6.07) is 2.45. The van der Waals surface area contributed by atoms with Crippen LogP contribution in [-0.4, -0.2) is 29.8 Å². The molecule has 1 N–H and O–H groups in total. The molecule has 1 aromatic heterocycles. The first kappa shape index (κ1) is 17.0. The lowest BCUT2D eigenvalue weighted by molar-refractivity contribution is -0.134. The standard InChI is InChI=1S/C17H26N2O2S/c1-3-15-14-9-12-22-16(14)8-11-19(15)17(21)7-5-4-6-10-18-13(2)20/h9,12,15H,3-8,10-11H2,1-2H3,(H,18,20). The molecular formula is C17H26N2O2S. The van der Waals surface area contributed by atoms with E-state index in [2.05, 4.69) is 28.6 Å². The second kappa shape index (κ2) is 8.32. The lowest BCUT2D eigenvalue weighted by Gasteiger charge is -2.35.